The summed E-state index contributed by atoms with van der Waals surface area (Å²) in [6.07, 6.45) is 0. The van der Waals surface area contributed by atoms with E-state index in [1.54, 1.807) is 0 Å². The van der Waals surface area contributed by atoms with Gasteiger partial charge in [-0.15, -0.1) is 0 Å². The van der Waals surface area contributed by atoms with Crippen molar-refractivity contribution >= 4 is 0 Å². The summed E-state index contributed by atoms with van der Waals surface area (Å²) in [6, 6.07) is 0. The number of rotatable bonds is 1. The third-order valence-corrected chi connectivity index (χ3v) is 0.340. The quantitative estimate of drug-likeness (QED) is 0.464. The maximum atomic E-state index is 10.5. The first-order chi connectivity index (χ1) is 2.27. The molecule has 0 rings (SSSR count). The van der Waals surface area contributed by atoms with Crippen molar-refractivity contribution in [2.45, 2.75) is 0 Å². The molecule has 0 aliphatic heterocycles. The van der Waals surface area contributed by atoms with Crippen LogP contribution < -0.4 is 0 Å². The van der Waals surface area contributed by atoms with E-state index < -0.39 is 19.3 Å². The van der Waals surface area contributed by atoms with Gasteiger partial charge in [0.25, 0.3) is 0 Å². The van der Waals surface area contributed by atoms with Gasteiger partial charge in [-0.05, 0) is 0 Å². The van der Waals surface area contributed by atoms with E-state index in [2.05, 4.69) is 0 Å². The fourth-order valence-corrected chi connectivity index (χ4v) is 0. The first-order valence-electron chi connectivity index (χ1n) is 0.843. The Morgan fingerprint density at radius 2 is 1.80 bits per heavy atom. The molecule has 0 unspecified atom stereocenters. The summed E-state index contributed by atoms with van der Waals surface area (Å²) in [5.41, 5.74) is -1.20. The van der Waals surface area contributed by atoms with Crippen LogP contribution in [0.4, 0.5) is 4.39 Å². The van der Waals surface area contributed by atoms with Crippen molar-refractivity contribution in [2.75, 3.05) is 5.57 Å². The molecule has 0 N–H and O–H groups in total. The van der Waals surface area contributed by atoms with E-state index in [-0.39, 0.29) is 0 Å². The van der Waals surface area contributed by atoms with Crippen LogP contribution in [-0.4, -0.2) is 5.57 Å². The molecule has 0 aliphatic rings. The summed E-state index contributed by atoms with van der Waals surface area (Å²) in [7, 11) is 0. The summed E-state index contributed by atoms with van der Waals surface area (Å²) in [4.78, 5) is 0. The Morgan fingerprint density at radius 3 is 1.80 bits per heavy atom. The van der Waals surface area contributed by atoms with Crippen LogP contribution in [0.3, 0.4) is 0 Å². The van der Waals surface area contributed by atoms with Crippen molar-refractivity contribution in [3.63, 3.8) is 0 Å². The zero-order valence-corrected chi connectivity index (χ0v) is 3.46. The summed E-state index contributed by atoms with van der Waals surface area (Å²) in [5, 5.41) is 0. The average Bonchev–Trinajstić information content (AvgIpc) is 1.38. The predicted octanol–water partition coefficient (Wildman–Crippen LogP) is 0.223. The second kappa shape index (κ2) is 2.30. The first kappa shape index (κ1) is 5.05. The average molecular weight is 120 g/mol. The number of halogens is 1. The fourth-order valence-electron chi connectivity index (χ4n) is 0. The summed E-state index contributed by atoms with van der Waals surface area (Å²) in [6.45, 7) is 0. The minimum absolute atomic E-state index is 1.20. The van der Waals surface area contributed by atoms with Crippen LogP contribution >= 0.6 is 0 Å². The molecule has 0 bridgehead atoms. The summed E-state index contributed by atoms with van der Waals surface area (Å²) in [5.74, 6) is 0. The summed E-state index contributed by atoms with van der Waals surface area (Å²) >= 11 is -3.06. The molecule has 0 aliphatic carbocycles. The van der Waals surface area contributed by atoms with Crippen molar-refractivity contribution in [2.24, 2.45) is 0 Å². The molecule has 0 heterocycles. The zero-order valence-electron chi connectivity index (χ0n) is 2.28. The van der Waals surface area contributed by atoms with E-state index in [0.29, 0.717) is 0 Å². The SMILES string of the molecule is [O]=[Mn](=[O])[CH2]F. The molecule has 0 aromatic heterocycles. The Bertz CT molecular complexity index is 67.7. The Kier molecular flexibility index (Phi) is 2.32. The Morgan fingerprint density at radius 1 is 1.60 bits per heavy atom. The van der Waals surface area contributed by atoms with Crippen LogP contribution in [0.15, 0.2) is 0 Å². The molecule has 32 valence electrons. The van der Waals surface area contributed by atoms with E-state index in [9.17, 15) is 4.39 Å². The van der Waals surface area contributed by atoms with Gasteiger partial charge in [0.05, 0.1) is 0 Å². The second-order valence-electron chi connectivity index (χ2n) is 0.382. The monoisotopic (exact) mass is 120 g/mol. The fraction of sp³-hybridized carbons (Fsp3) is 1.00. The van der Waals surface area contributed by atoms with Crippen LogP contribution in [0, 0.1) is 0 Å². The topological polar surface area (TPSA) is 34.1 Å². The normalized spacial score (nSPS) is 9.20. The molecule has 4 heteroatoms. The third kappa shape index (κ3) is 4.05. The number of hydrogen-bond acceptors (Lipinski definition) is 2. The molecule has 0 aromatic carbocycles. The third-order valence-electron chi connectivity index (χ3n) is 0.0825. The van der Waals surface area contributed by atoms with Gasteiger partial charge in [-0.2, -0.15) is 0 Å². The zero-order chi connectivity index (χ0) is 4.28. The van der Waals surface area contributed by atoms with Crippen LogP contribution in [0.1, 0.15) is 0 Å². The van der Waals surface area contributed by atoms with Crippen molar-refractivity contribution in [3.05, 3.63) is 0 Å². The van der Waals surface area contributed by atoms with Crippen molar-refractivity contribution in [1.29, 1.82) is 0 Å². The van der Waals surface area contributed by atoms with Gasteiger partial charge in [-0.1, -0.05) is 0 Å². The van der Waals surface area contributed by atoms with E-state index >= 15 is 0 Å². The number of alkyl halides is 1. The van der Waals surface area contributed by atoms with Gasteiger partial charge in [-0.3, -0.25) is 0 Å². The van der Waals surface area contributed by atoms with Crippen LogP contribution in [0.25, 0.3) is 0 Å². The Balaban J connectivity index is 3.23. The molecule has 0 spiro atoms. The summed E-state index contributed by atoms with van der Waals surface area (Å²) < 4.78 is 28.7. The van der Waals surface area contributed by atoms with Crippen LogP contribution in [0.2, 0.25) is 0 Å². The molecule has 0 aromatic rings. The van der Waals surface area contributed by atoms with E-state index in [1.807, 2.05) is 0 Å². The molecule has 5 heavy (non-hydrogen) atoms. The van der Waals surface area contributed by atoms with Crippen molar-refractivity contribution in [1.82, 2.24) is 0 Å². The van der Waals surface area contributed by atoms with Crippen LogP contribution in [0.5, 0.6) is 0 Å². The molecule has 2 nitrogen and oxygen atoms in total. The van der Waals surface area contributed by atoms with Gasteiger partial charge < -0.3 is 0 Å². The molecule has 0 saturated carbocycles. The van der Waals surface area contributed by atoms with Crippen molar-refractivity contribution in [3.8, 4) is 0 Å². The molecule has 0 fully saturated rings. The van der Waals surface area contributed by atoms with Crippen LogP contribution in [-0.2, 0) is 21.4 Å². The number of hydrogen-bond donors (Lipinski definition) is 0. The predicted molar refractivity (Wildman–Crippen MR) is 7.35 cm³/mol. The Labute approximate surface area is 32.3 Å². The van der Waals surface area contributed by atoms with Gasteiger partial charge in [0.1, 0.15) is 0 Å². The van der Waals surface area contributed by atoms with Gasteiger partial charge >= 0.3 is 31.4 Å². The van der Waals surface area contributed by atoms with E-state index in [4.69, 9.17) is 7.67 Å². The first-order valence-corrected chi connectivity index (χ1v) is 2.64. The molecule has 0 amide bonds. The van der Waals surface area contributed by atoms with E-state index in [1.165, 1.54) is 0 Å². The Hall–Kier alpha value is 0.0495. The molecular formula is CH2FMnO2. The molecule has 0 saturated heterocycles. The molecular weight excluding hydrogens is 118 g/mol. The second-order valence-corrected chi connectivity index (χ2v) is 1.58. The molecule has 0 radical (unpaired) electrons. The van der Waals surface area contributed by atoms with Crippen molar-refractivity contribution < 1.29 is 25.8 Å². The standard InChI is InChI=1S/CH2F.Mn.2O/c1-2;;;/h1H2;;;. The van der Waals surface area contributed by atoms with Gasteiger partial charge in [-0.25, -0.2) is 0 Å². The van der Waals surface area contributed by atoms with Gasteiger partial charge in [0.2, 0.25) is 0 Å². The maximum absolute atomic E-state index is 10.5. The molecule has 0 atom stereocenters. The van der Waals surface area contributed by atoms with E-state index in [0.717, 1.165) is 0 Å². The van der Waals surface area contributed by atoms with Gasteiger partial charge in [0.15, 0.2) is 0 Å². The minimum atomic E-state index is -3.06. The van der Waals surface area contributed by atoms with Gasteiger partial charge in [0, 0.05) is 0 Å².